The first kappa shape index (κ1) is 34.8. The number of para-hydroxylation sites is 1. The number of hydrogen-bond donors (Lipinski definition) is 7. The first-order valence-corrected chi connectivity index (χ1v) is 16.9. The number of benzene rings is 4. The van der Waals surface area contributed by atoms with Crippen LogP contribution in [0.15, 0.2) is 97.2 Å². The summed E-state index contributed by atoms with van der Waals surface area (Å²) in [5.74, 6) is -4.27. The number of aliphatic carboxylic acids is 1. The highest BCUT2D eigenvalue weighted by molar-refractivity contribution is 7.46. The van der Waals surface area contributed by atoms with Gasteiger partial charge < -0.3 is 31.0 Å². The number of hydrogen-bond acceptors (Lipinski definition) is 6. The minimum absolute atomic E-state index is 0.0616. The van der Waals surface area contributed by atoms with Crippen LogP contribution in [-0.4, -0.2) is 55.7 Å². The van der Waals surface area contributed by atoms with Crippen molar-refractivity contribution in [1.29, 1.82) is 0 Å². The SMILES string of the molecule is NC(=O)[C@H](Cc1c[nH]c2ccccc12)NC(=O)C(CCC(=O)O)NC(=O)C(Cc1ccc(OP(=O)(O)O)cc1)c1ccc2ccccc2c1. The Morgan fingerprint density at radius 2 is 1.49 bits per heavy atom. The number of nitrogens with one attached hydrogen (secondary N) is 3. The van der Waals surface area contributed by atoms with Gasteiger partial charge in [0, 0.05) is 29.9 Å². The fraction of sp³-hybridized carbons (Fsp3) is 0.200. The molecule has 5 aromatic rings. The molecular weight excluding hydrogens is 651 g/mol. The number of phosphoric acid groups is 1. The lowest BCUT2D eigenvalue weighted by atomic mass is 9.89. The molecule has 0 saturated heterocycles. The molecule has 0 radical (unpaired) electrons. The van der Waals surface area contributed by atoms with E-state index in [-0.39, 0.29) is 25.0 Å². The van der Waals surface area contributed by atoms with Crippen molar-refractivity contribution in [1.82, 2.24) is 15.6 Å². The highest BCUT2D eigenvalue weighted by atomic mass is 31.2. The largest absolute Gasteiger partial charge is 0.524 e. The van der Waals surface area contributed by atoms with Crippen molar-refractivity contribution in [2.75, 3.05) is 0 Å². The maximum atomic E-state index is 14.1. The van der Waals surface area contributed by atoms with E-state index in [1.165, 1.54) is 12.1 Å². The summed E-state index contributed by atoms with van der Waals surface area (Å²) in [5.41, 5.74) is 8.47. The Morgan fingerprint density at radius 1 is 0.816 bits per heavy atom. The zero-order valence-electron chi connectivity index (χ0n) is 26.1. The minimum atomic E-state index is -4.78. The third kappa shape index (κ3) is 9.32. The van der Waals surface area contributed by atoms with Gasteiger partial charge in [-0.3, -0.25) is 29.0 Å². The number of fused-ring (bicyclic) bond motifs is 2. The molecule has 49 heavy (non-hydrogen) atoms. The molecule has 14 heteroatoms. The Kier molecular flexibility index (Phi) is 10.8. The van der Waals surface area contributed by atoms with E-state index in [1.54, 1.807) is 24.4 Å². The van der Waals surface area contributed by atoms with Gasteiger partial charge in [0.1, 0.15) is 17.8 Å². The zero-order valence-corrected chi connectivity index (χ0v) is 27.0. The lowest BCUT2D eigenvalue weighted by Gasteiger charge is -2.25. The van der Waals surface area contributed by atoms with Crippen LogP contribution in [-0.2, 0) is 36.6 Å². The number of carboxylic acids is 1. The zero-order chi connectivity index (χ0) is 35.1. The summed E-state index contributed by atoms with van der Waals surface area (Å²) in [6.45, 7) is 0. The molecule has 1 heterocycles. The number of aromatic amines is 1. The van der Waals surface area contributed by atoms with Crippen LogP contribution < -0.4 is 20.9 Å². The Balaban J connectivity index is 1.40. The van der Waals surface area contributed by atoms with Crippen molar-refractivity contribution < 1.29 is 43.2 Å². The molecule has 5 rings (SSSR count). The second-order valence-corrected chi connectivity index (χ2v) is 12.8. The van der Waals surface area contributed by atoms with Gasteiger partial charge in [-0.05, 0) is 58.5 Å². The van der Waals surface area contributed by atoms with E-state index in [2.05, 4.69) is 20.1 Å². The summed E-state index contributed by atoms with van der Waals surface area (Å²) < 4.78 is 15.9. The van der Waals surface area contributed by atoms with Crippen molar-refractivity contribution in [3.8, 4) is 5.75 Å². The first-order chi connectivity index (χ1) is 23.4. The van der Waals surface area contributed by atoms with Gasteiger partial charge in [-0.1, -0.05) is 72.8 Å². The van der Waals surface area contributed by atoms with E-state index >= 15 is 0 Å². The van der Waals surface area contributed by atoms with E-state index in [1.807, 2.05) is 60.7 Å². The van der Waals surface area contributed by atoms with Gasteiger partial charge in [-0.25, -0.2) is 4.57 Å². The molecule has 0 aliphatic carbocycles. The third-order valence-electron chi connectivity index (χ3n) is 8.12. The standard InChI is InChI=1S/C35H35N4O9P/c36-33(42)31(19-25-20-37-29-8-4-3-7-27(25)29)39-35(44)30(15-16-32(40)41)38-34(43)28(24-12-11-22-5-1-2-6-23(22)18-24)17-21-9-13-26(14-10-21)48-49(45,46)47/h1-14,18,20,28,30-31,37H,15-17,19H2,(H2,36,42)(H,38,43)(H,39,44)(H,40,41)(H2,45,46,47)/t28?,30?,31-/m0/s1. The van der Waals surface area contributed by atoms with E-state index in [0.29, 0.717) is 11.1 Å². The third-order valence-corrected chi connectivity index (χ3v) is 8.57. The van der Waals surface area contributed by atoms with Crippen LogP contribution in [0.2, 0.25) is 0 Å². The lowest BCUT2D eigenvalue weighted by Crippen LogP contribution is -2.54. The van der Waals surface area contributed by atoms with Crippen molar-refractivity contribution in [2.24, 2.45) is 5.73 Å². The van der Waals surface area contributed by atoms with Gasteiger partial charge >= 0.3 is 13.8 Å². The Bertz CT molecular complexity index is 2040. The van der Waals surface area contributed by atoms with E-state index < -0.39 is 55.9 Å². The fourth-order valence-corrected chi connectivity index (χ4v) is 6.07. The maximum absolute atomic E-state index is 14.1. The number of primary amides is 1. The molecule has 0 spiro atoms. The van der Waals surface area contributed by atoms with E-state index in [9.17, 15) is 28.8 Å². The van der Waals surface area contributed by atoms with Crippen molar-refractivity contribution in [3.63, 3.8) is 0 Å². The fourth-order valence-electron chi connectivity index (χ4n) is 5.67. The van der Waals surface area contributed by atoms with Crippen molar-refractivity contribution >= 4 is 53.2 Å². The number of nitrogens with two attached hydrogens (primary N) is 1. The molecule has 0 aliphatic heterocycles. The molecule has 0 fully saturated rings. The average Bonchev–Trinajstić information content (AvgIpc) is 3.47. The number of amides is 3. The topological polar surface area (TPSA) is 221 Å². The lowest BCUT2D eigenvalue weighted by molar-refractivity contribution is -0.138. The number of H-pyrrole nitrogens is 1. The Labute approximate surface area is 280 Å². The molecule has 254 valence electrons. The van der Waals surface area contributed by atoms with Gasteiger partial charge in [0.15, 0.2) is 0 Å². The maximum Gasteiger partial charge on any atom is 0.524 e. The molecule has 0 aliphatic rings. The van der Waals surface area contributed by atoms with Crippen LogP contribution in [0.5, 0.6) is 5.75 Å². The summed E-state index contributed by atoms with van der Waals surface area (Å²) in [6.07, 6.45) is 1.19. The van der Waals surface area contributed by atoms with Gasteiger partial charge in [-0.15, -0.1) is 0 Å². The summed E-state index contributed by atoms with van der Waals surface area (Å²) in [6, 6.07) is 23.8. The monoisotopic (exact) mass is 686 g/mol. The molecule has 1 aromatic heterocycles. The molecule has 0 bridgehead atoms. The van der Waals surface area contributed by atoms with Gasteiger partial charge in [0.25, 0.3) is 0 Å². The summed E-state index contributed by atoms with van der Waals surface area (Å²) in [5, 5.41) is 17.4. The Hall–Kier alpha value is -5.49. The summed E-state index contributed by atoms with van der Waals surface area (Å²) in [7, 11) is -4.78. The van der Waals surface area contributed by atoms with Crippen LogP contribution >= 0.6 is 7.82 Å². The molecule has 4 aromatic carbocycles. The van der Waals surface area contributed by atoms with Gasteiger partial charge in [-0.2, -0.15) is 0 Å². The molecule has 3 amide bonds. The van der Waals surface area contributed by atoms with Crippen LogP contribution in [0, 0.1) is 0 Å². The molecule has 2 unspecified atom stereocenters. The van der Waals surface area contributed by atoms with Crippen LogP contribution in [0.25, 0.3) is 21.7 Å². The molecule has 0 saturated carbocycles. The van der Waals surface area contributed by atoms with Gasteiger partial charge in [0.05, 0.1) is 5.92 Å². The summed E-state index contributed by atoms with van der Waals surface area (Å²) >= 11 is 0. The van der Waals surface area contributed by atoms with Gasteiger partial charge in [0.2, 0.25) is 17.7 Å². The van der Waals surface area contributed by atoms with Crippen LogP contribution in [0.4, 0.5) is 0 Å². The number of phosphoric ester groups is 1. The summed E-state index contributed by atoms with van der Waals surface area (Å²) in [4.78, 5) is 73.1. The second kappa shape index (κ2) is 15.2. The quantitative estimate of drug-likeness (QED) is 0.0797. The first-order valence-electron chi connectivity index (χ1n) is 15.4. The Morgan fingerprint density at radius 3 is 2.18 bits per heavy atom. The number of carboxylic acid groups (broad SMARTS) is 1. The average molecular weight is 687 g/mol. The minimum Gasteiger partial charge on any atom is -0.481 e. The number of rotatable bonds is 15. The van der Waals surface area contributed by atoms with Crippen molar-refractivity contribution in [2.45, 2.75) is 43.7 Å². The molecule has 8 N–H and O–H groups in total. The molecule has 3 atom stereocenters. The van der Waals surface area contributed by atoms with Crippen LogP contribution in [0.1, 0.15) is 35.4 Å². The molecule has 13 nitrogen and oxygen atoms in total. The predicted octanol–water partition coefficient (Wildman–Crippen LogP) is 3.68. The van der Waals surface area contributed by atoms with E-state index in [0.717, 1.165) is 27.2 Å². The van der Waals surface area contributed by atoms with Crippen molar-refractivity contribution in [3.05, 3.63) is 114 Å². The number of carbonyl (C=O) groups is 4. The normalized spacial score (nSPS) is 13.3. The second-order valence-electron chi connectivity index (χ2n) is 11.6. The highest BCUT2D eigenvalue weighted by Gasteiger charge is 2.30. The van der Waals surface area contributed by atoms with Crippen LogP contribution in [0.3, 0.4) is 0 Å². The smallest absolute Gasteiger partial charge is 0.481 e. The highest BCUT2D eigenvalue weighted by Crippen LogP contribution is 2.37. The van der Waals surface area contributed by atoms with E-state index in [4.69, 9.17) is 15.5 Å². The predicted molar refractivity (Wildman–Crippen MR) is 181 cm³/mol. The number of aromatic nitrogens is 1. The number of carbonyl (C=O) groups excluding carboxylic acids is 3. The molecular formula is C35H35N4O9P.